The summed E-state index contributed by atoms with van der Waals surface area (Å²) in [6.07, 6.45) is 3.41. The van der Waals surface area contributed by atoms with Gasteiger partial charge in [0, 0.05) is 12.2 Å². The average molecular weight is 397 g/mol. The van der Waals surface area contributed by atoms with Crippen LogP contribution in [0.1, 0.15) is 23.8 Å². The number of rotatable bonds is 7. The highest BCUT2D eigenvalue weighted by Crippen LogP contribution is 2.29. The maximum absolute atomic E-state index is 12.7. The first kappa shape index (κ1) is 19.9. The standard InChI is InChI=1S/C21H24N4O2S/c1-6-10-25-19(17-9-11-27-15(17)4)23-24-21(25)28-16(5)20(26)22-18-8-7-13(2)12-14(18)3/h6-9,11-12,16H,1,10H2,2-5H3,(H,22,26)/t16-/m1/s1. The summed E-state index contributed by atoms with van der Waals surface area (Å²) in [6.45, 7) is 12.1. The Morgan fingerprint density at radius 2 is 2.11 bits per heavy atom. The van der Waals surface area contributed by atoms with Crippen molar-refractivity contribution in [1.29, 1.82) is 0 Å². The molecule has 146 valence electrons. The van der Waals surface area contributed by atoms with Crippen molar-refractivity contribution in [2.24, 2.45) is 0 Å². The molecule has 1 atom stereocenters. The Kier molecular flexibility index (Phi) is 6.04. The predicted octanol–water partition coefficient (Wildman–Crippen LogP) is 4.77. The van der Waals surface area contributed by atoms with E-state index in [9.17, 15) is 4.79 Å². The second-order valence-corrected chi connectivity index (χ2v) is 7.97. The molecule has 0 unspecified atom stereocenters. The first-order chi connectivity index (χ1) is 13.4. The number of anilines is 1. The number of amides is 1. The number of carbonyl (C=O) groups excluding carboxylic acids is 1. The Labute approximate surface area is 169 Å². The van der Waals surface area contributed by atoms with Gasteiger partial charge < -0.3 is 9.73 Å². The van der Waals surface area contributed by atoms with Gasteiger partial charge in [0.2, 0.25) is 5.91 Å². The fraction of sp³-hybridized carbons (Fsp3) is 0.286. The summed E-state index contributed by atoms with van der Waals surface area (Å²) in [5.41, 5.74) is 3.91. The number of hydrogen-bond donors (Lipinski definition) is 1. The summed E-state index contributed by atoms with van der Waals surface area (Å²) in [5, 5.41) is 11.9. The van der Waals surface area contributed by atoms with E-state index in [1.165, 1.54) is 11.8 Å². The topological polar surface area (TPSA) is 73.0 Å². The minimum atomic E-state index is -0.341. The van der Waals surface area contributed by atoms with Crippen molar-refractivity contribution in [2.75, 3.05) is 5.32 Å². The van der Waals surface area contributed by atoms with Crippen molar-refractivity contribution in [3.63, 3.8) is 0 Å². The molecule has 7 heteroatoms. The van der Waals surface area contributed by atoms with E-state index in [2.05, 4.69) is 22.1 Å². The van der Waals surface area contributed by atoms with Crippen LogP contribution in [0.3, 0.4) is 0 Å². The van der Waals surface area contributed by atoms with Crippen LogP contribution in [-0.2, 0) is 11.3 Å². The van der Waals surface area contributed by atoms with E-state index in [0.29, 0.717) is 17.5 Å². The zero-order valence-corrected chi connectivity index (χ0v) is 17.3. The number of nitrogens with zero attached hydrogens (tertiary/aromatic N) is 3. The van der Waals surface area contributed by atoms with Gasteiger partial charge in [-0.15, -0.1) is 16.8 Å². The van der Waals surface area contributed by atoms with E-state index in [0.717, 1.165) is 28.1 Å². The van der Waals surface area contributed by atoms with Gasteiger partial charge in [-0.2, -0.15) is 0 Å². The largest absolute Gasteiger partial charge is 0.469 e. The van der Waals surface area contributed by atoms with Gasteiger partial charge in [0.25, 0.3) is 0 Å². The normalized spacial score (nSPS) is 12.0. The first-order valence-corrected chi connectivity index (χ1v) is 9.92. The van der Waals surface area contributed by atoms with Crippen LogP contribution in [-0.4, -0.2) is 25.9 Å². The minimum Gasteiger partial charge on any atom is -0.469 e. The van der Waals surface area contributed by atoms with E-state index >= 15 is 0 Å². The highest BCUT2D eigenvalue weighted by atomic mass is 32.2. The smallest absolute Gasteiger partial charge is 0.237 e. The van der Waals surface area contributed by atoms with Crippen molar-refractivity contribution >= 4 is 23.4 Å². The van der Waals surface area contributed by atoms with Crippen molar-refractivity contribution in [1.82, 2.24) is 14.8 Å². The van der Waals surface area contributed by atoms with Gasteiger partial charge >= 0.3 is 0 Å². The van der Waals surface area contributed by atoms with Gasteiger partial charge in [0.15, 0.2) is 11.0 Å². The van der Waals surface area contributed by atoms with Crippen molar-refractivity contribution in [2.45, 2.75) is 44.6 Å². The van der Waals surface area contributed by atoms with Gasteiger partial charge in [0.1, 0.15) is 5.76 Å². The molecule has 1 amide bonds. The van der Waals surface area contributed by atoms with Crippen molar-refractivity contribution < 1.29 is 9.21 Å². The molecule has 0 aliphatic heterocycles. The molecule has 0 aliphatic carbocycles. The number of benzene rings is 1. The predicted molar refractivity (Wildman–Crippen MR) is 113 cm³/mol. The molecule has 0 fully saturated rings. The molecule has 1 N–H and O–H groups in total. The molecule has 0 spiro atoms. The number of aryl methyl sites for hydroxylation is 3. The van der Waals surface area contributed by atoms with E-state index < -0.39 is 0 Å². The summed E-state index contributed by atoms with van der Waals surface area (Å²) in [7, 11) is 0. The summed E-state index contributed by atoms with van der Waals surface area (Å²) >= 11 is 1.37. The first-order valence-electron chi connectivity index (χ1n) is 9.04. The molecule has 0 radical (unpaired) electrons. The minimum absolute atomic E-state index is 0.0776. The molecular formula is C21H24N4O2S. The molecule has 0 saturated heterocycles. The van der Waals surface area contributed by atoms with Crippen LogP contribution >= 0.6 is 11.8 Å². The van der Waals surface area contributed by atoms with Crippen molar-refractivity contribution in [3.05, 3.63) is 60.1 Å². The number of thioether (sulfide) groups is 1. The lowest BCUT2D eigenvalue weighted by atomic mass is 10.1. The third kappa shape index (κ3) is 4.20. The monoisotopic (exact) mass is 396 g/mol. The molecular weight excluding hydrogens is 372 g/mol. The molecule has 3 aromatic rings. The van der Waals surface area contributed by atoms with Crippen LogP contribution in [0, 0.1) is 20.8 Å². The van der Waals surface area contributed by atoms with E-state index in [1.54, 1.807) is 12.3 Å². The van der Waals surface area contributed by atoms with Crippen LogP contribution in [0.25, 0.3) is 11.4 Å². The van der Waals surface area contributed by atoms with Crippen LogP contribution in [0.5, 0.6) is 0 Å². The SMILES string of the molecule is C=CCn1c(S[C@H](C)C(=O)Nc2ccc(C)cc2C)nnc1-c1ccoc1C. The molecule has 0 aliphatic rings. The highest BCUT2D eigenvalue weighted by molar-refractivity contribution is 8.00. The third-order valence-electron chi connectivity index (χ3n) is 4.42. The molecule has 6 nitrogen and oxygen atoms in total. The Hall–Kier alpha value is -2.80. The van der Waals surface area contributed by atoms with Gasteiger partial charge in [-0.3, -0.25) is 9.36 Å². The fourth-order valence-corrected chi connectivity index (χ4v) is 3.74. The van der Waals surface area contributed by atoms with Crippen LogP contribution in [0.2, 0.25) is 0 Å². The lowest BCUT2D eigenvalue weighted by molar-refractivity contribution is -0.115. The van der Waals surface area contributed by atoms with E-state index in [-0.39, 0.29) is 11.2 Å². The lowest BCUT2D eigenvalue weighted by Gasteiger charge is -2.14. The number of aromatic nitrogens is 3. The van der Waals surface area contributed by atoms with E-state index in [4.69, 9.17) is 4.42 Å². The Bertz CT molecular complexity index is 1010. The molecule has 2 heterocycles. The maximum Gasteiger partial charge on any atom is 0.237 e. The number of nitrogens with one attached hydrogen (secondary N) is 1. The van der Waals surface area contributed by atoms with Crippen LogP contribution in [0.15, 0.2) is 52.8 Å². The second kappa shape index (κ2) is 8.48. The van der Waals surface area contributed by atoms with Crippen molar-refractivity contribution in [3.8, 4) is 11.4 Å². The van der Waals surface area contributed by atoms with Gasteiger partial charge in [-0.25, -0.2) is 0 Å². The fourth-order valence-electron chi connectivity index (χ4n) is 2.89. The molecule has 28 heavy (non-hydrogen) atoms. The highest BCUT2D eigenvalue weighted by Gasteiger charge is 2.22. The molecule has 0 saturated carbocycles. The van der Waals surface area contributed by atoms with Gasteiger partial charge in [-0.05, 0) is 45.4 Å². The molecule has 3 rings (SSSR count). The van der Waals surface area contributed by atoms with Crippen LogP contribution < -0.4 is 5.32 Å². The summed E-state index contributed by atoms with van der Waals surface area (Å²) in [6, 6.07) is 7.83. The van der Waals surface area contributed by atoms with Crippen LogP contribution in [0.4, 0.5) is 5.69 Å². The molecule has 0 bridgehead atoms. The molecule has 2 aromatic heterocycles. The number of carbonyl (C=O) groups is 1. The number of hydrogen-bond acceptors (Lipinski definition) is 5. The summed E-state index contributed by atoms with van der Waals surface area (Å²) < 4.78 is 7.33. The summed E-state index contributed by atoms with van der Waals surface area (Å²) in [4.78, 5) is 12.7. The maximum atomic E-state index is 12.7. The van der Waals surface area contributed by atoms with Gasteiger partial charge in [-0.1, -0.05) is 35.5 Å². The number of allylic oxidation sites excluding steroid dienone is 1. The third-order valence-corrected chi connectivity index (χ3v) is 5.50. The zero-order valence-electron chi connectivity index (χ0n) is 16.5. The lowest BCUT2D eigenvalue weighted by Crippen LogP contribution is -2.23. The summed E-state index contributed by atoms with van der Waals surface area (Å²) in [5.74, 6) is 1.40. The zero-order chi connectivity index (χ0) is 20.3. The second-order valence-electron chi connectivity index (χ2n) is 6.66. The Morgan fingerprint density at radius 3 is 2.75 bits per heavy atom. The Morgan fingerprint density at radius 1 is 1.32 bits per heavy atom. The quantitative estimate of drug-likeness (QED) is 0.460. The average Bonchev–Trinajstić information content (AvgIpc) is 3.24. The van der Waals surface area contributed by atoms with Gasteiger partial charge in [0.05, 0.1) is 17.1 Å². The Balaban J connectivity index is 1.79. The van der Waals surface area contributed by atoms with E-state index in [1.807, 2.05) is 56.5 Å². The number of furan rings is 1. The molecule has 1 aromatic carbocycles.